The number of para-hydroxylation sites is 1. The molecule has 2 bridgehead atoms. The van der Waals surface area contributed by atoms with Gasteiger partial charge in [-0.25, -0.2) is 9.88 Å². The number of aromatic nitrogens is 1. The summed E-state index contributed by atoms with van der Waals surface area (Å²) >= 11 is 1.53. The molecule has 10 rings (SSSR count). The molecule has 4 aliphatic rings. The van der Waals surface area contributed by atoms with E-state index in [1.54, 1.807) is 0 Å². The number of benzene rings is 5. The minimum atomic E-state index is -0.942. The maximum absolute atomic E-state index is 14.8. The fourth-order valence-corrected chi connectivity index (χ4v) is 8.62. The summed E-state index contributed by atoms with van der Waals surface area (Å²) < 4.78 is 1.06. The van der Waals surface area contributed by atoms with Crippen LogP contribution < -0.4 is 10.3 Å². The molecule has 0 saturated carbocycles. The zero-order chi connectivity index (χ0) is 28.7. The molecule has 1 aliphatic heterocycles. The number of nitrogens with one attached hydrogen (secondary N) is 1. The molecule has 1 fully saturated rings. The summed E-state index contributed by atoms with van der Waals surface area (Å²) in [4.78, 5) is 35.5. The van der Waals surface area contributed by atoms with E-state index in [9.17, 15) is 9.59 Å². The Morgan fingerprint density at radius 2 is 1.44 bits per heavy atom. The predicted molar refractivity (Wildman–Crippen MR) is 171 cm³/mol. The molecular formula is C36H24N4O2S. The highest BCUT2D eigenvalue weighted by Crippen LogP contribution is 2.63. The number of carbonyl (C=O) groups excluding carboxylic acids is 2. The number of amides is 2. The van der Waals surface area contributed by atoms with Crippen molar-refractivity contribution in [2.45, 2.75) is 11.3 Å². The molecule has 2 atom stereocenters. The average Bonchev–Trinajstić information content (AvgIpc) is 3.59. The lowest BCUT2D eigenvalue weighted by atomic mass is 9.47. The molecule has 5 aromatic carbocycles. The Morgan fingerprint density at radius 3 is 2.23 bits per heavy atom. The van der Waals surface area contributed by atoms with Gasteiger partial charge in [0.2, 0.25) is 16.9 Å². The van der Waals surface area contributed by atoms with E-state index in [1.165, 1.54) is 16.2 Å². The second-order valence-electron chi connectivity index (χ2n) is 11.4. The van der Waals surface area contributed by atoms with Crippen LogP contribution in [0.5, 0.6) is 0 Å². The van der Waals surface area contributed by atoms with Crippen molar-refractivity contribution in [3.05, 3.63) is 138 Å². The molecule has 6 aromatic rings. The number of rotatable bonds is 4. The monoisotopic (exact) mass is 576 g/mol. The van der Waals surface area contributed by atoms with E-state index in [0.717, 1.165) is 43.2 Å². The molecule has 1 aromatic heterocycles. The van der Waals surface area contributed by atoms with Gasteiger partial charge >= 0.3 is 0 Å². The number of fused-ring (bicyclic) bond motifs is 2. The summed E-state index contributed by atoms with van der Waals surface area (Å²) in [7, 11) is 0. The Labute approximate surface area is 251 Å². The van der Waals surface area contributed by atoms with E-state index < -0.39 is 17.3 Å². The SMILES string of the molecule is O=C1[C@@H]2C3c4ccccc4C(/C=N\Nc4nc5ccccc5s4)(c4ccccc43)[C@@H]2C(=O)N1c1cccc2ccccc12. The van der Waals surface area contributed by atoms with Gasteiger partial charge in [0.25, 0.3) is 0 Å². The van der Waals surface area contributed by atoms with Crippen molar-refractivity contribution < 1.29 is 9.59 Å². The molecule has 1 N–H and O–H groups in total. The van der Waals surface area contributed by atoms with Crippen LogP contribution in [0.4, 0.5) is 10.8 Å². The first-order valence-electron chi connectivity index (χ1n) is 14.4. The molecule has 2 heterocycles. The highest BCUT2D eigenvalue weighted by Gasteiger charge is 2.68. The third kappa shape index (κ3) is 3.22. The average molecular weight is 577 g/mol. The number of hydrogen-bond acceptors (Lipinski definition) is 6. The van der Waals surface area contributed by atoms with Gasteiger partial charge in [-0.05, 0) is 45.8 Å². The number of thiazole rings is 1. The van der Waals surface area contributed by atoms with Gasteiger partial charge in [0.1, 0.15) is 0 Å². The van der Waals surface area contributed by atoms with Gasteiger partial charge < -0.3 is 0 Å². The highest BCUT2D eigenvalue weighted by atomic mass is 32.1. The molecule has 0 radical (unpaired) electrons. The van der Waals surface area contributed by atoms with Crippen molar-refractivity contribution in [1.29, 1.82) is 0 Å². The van der Waals surface area contributed by atoms with E-state index in [0.29, 0.717) is 10.8 Å². The molecular weight excluding hydrogens is 552 g/mol. The highest BCUT2D eigenvalue weighted by molar-refractivity contribution is 7.22. The van der Waals surface area contributed by atoms with Crippen LogP contribution in [0, 0.1) is 11.8 Å². The predicted octanol–water partition coefficient (Wildman–Crippen LogP) is 7.10. The molecule has 206 valence electrons. The van der Waals surface area contributed by atoms with Crippen LogP contribution in [0.25, 0.3) is 21.0 Å². The Bertz CT molecular complexity index is 2080. The van der Waals surface area contributed by atoms with Crippen molar-refractivity contribution in [3.8, 4) is 0 Å². The number of hydrazone groups is 1. The Kier molecular flexibility index (Phi) is 5.08. The van der Waals surface area contributed by atoms with Crippen molar-refractivity contribution in [2.24, 2.45) is 16.9 Å². The molecule has 1 saturated heterocycles. The number of imide groups is 1. The van der Waals surface area contributed by atoms with Gasteiger partial charge in [0, 0.05) is 17.5 Å². The van der Waals surface area contributed by atoms with Crippen LogP contribution in [0.15, 0.2) is 120 Å². The summed E-state index contributed by atoms with van der Waals surface area (Å²) in [5.41, 5.74) is 7.96. The van der Waals surface area contributed by atoms with E-state index in [-0.39, 0.29) is 17.7 Å². The standard InChI is InChI=1S/C36H24N4O2S/c41-33-31-30-23-13-3-5-15-25(23)36(26-16-6-4-14-24(26)30,20-37-39-35-38-27-17-7-8-19-29(27)43-35)32(31)34(42)40(33)28-18-9-11-21-10-1-2-12-22(21)28/h1-20,30-32H,(H,38,39)/b37-20-/t30?,31-,32+,36?/m1/s1. The maximum Gasteiger partial charge on any atom is 0.239 e. The van der Waals surface area contributed by atoms with E-state index >= 15 is 0 Å². The fourth-order valence-electron chi connectivity index (χ4n) is 7.80. The lowest BCUT2D eigenvalue weighted by Crippen LogP contribution is -2.54. The molecule has 2 amide bonds. The Balaban J connectivity index is 1.25. The van der Waals surface area contributed by atoms with E-state index in [4.69, 9.17) is 5.10 Å². The minimum absolute atomic E-state index is 0.155. The third-order valence-corrected chi connectivity index (χ3v) is 10.4. The van der Waals surface area contributed by atoms with Crippen LogP contribution in [0.1, 0.15) is 28.2 Å². The van der Waals surface area contributed by atoms with Crippen LogP contribution in [-0.2, 0) is 15.0 Å². The molecule has 7 heteroatoms. The third-order valence-electron chi connectivity index (χ3n) is 9.41. The van der Waals surface area contributed by atoms with Crippen LogP contribution in [-0.4, -0.2) is 23.0 Å². The van der Waals surface area contributed by atoms with Gasteiger partial charge in [-0.15, -0.1) is 0 Å². The summed E-state index contributed by atoms with van der Waals surface area (Å²) in [6, 6.07) is 38.1. The molecule has 43 heavy (non-hydrogen) atoms. The first kappa shape index (κ1) is 24.5. The summed E-state index contributed by atoms with van der Waals surface area (Å²) in [5.74, 6) is -1.76. The van der Waals surface area contributed by atoms with Gasteiger partial charge in [-0.1, -0.05) is 108 Å². The summed E-state index contributed by atoms with van der Waals surface area (Å²) in [5, 5.41) is 7.32. The Hall–Kier alpha value is -5.14. The van der Waals surface area contributed by atoms with Crippen LogP contribution in [0.3, 0.4) is 0 Å². The number of anilines is 2. The van der Waals surface area contributed by atoms with Gasteiger partial charge in [-0.3, -0.25) is 15.0 Å². The summed E-state index contributed by atoms with van der Waals surface area (Å²) in [6.45, 7) is 0. The van der Waals surface area contributed by atoms with Gasteiger partial charge in [0.15, 0.2) is 0 Å². The van der Waals surface area contributed by atoms with Crippen molar-refractivity contribution >= 4 is 61.2 Å². The number of carbonyl (C=O) groups is 2. The molecule has 0 unspecified atom stereocenters. The number of hydrogen-bond donors (Lipinski definition) is 1. The van der Waals surface area contributed by atoms with Crippen molar-refractivity contribution in [1.82, 2.24) is 4.98 Å². The van der Waals surface area contributed by atoms with E-state index in [2.05, 4.69) is 34.7 Å². The largest absolute Gasteiger partial charge is 0.274 e. The first-order valence-corrected chi connectivity index (χ1v) is 15.2. The lowest BCUT2D eigenvalue weighted by Gasteiger charge is -2.52. The van der Waals surface area contributed by atoms with Gasteiger partial charge in [-0.2, -0.15) is 5.10 Å². The zero-order valence-electron chi connectivity index (χ0n) is 22.8. The lowest BCUT2D eigenvalue weighted by molar-refractivity contribution is -0.122. The second kappa shape index (κ2) is 8.93. The van der Waals surface area contributed by atoms with Crippen LogP contribution in [0.2, 0.25) is 0 Å². The normalized spacial score (nSPS) is 23.6. The van der Waals surface area contributed by atoms with E-state index in [1.807, 2.05) is 97.2 Å². The summed E-state index contributed by atoms with van der Waals surface area (Å²) in [6.07, 6.45) is 1.86. The molecule has 3 aliphatic carbocycles. The van der Waals surface area contributed by atoms with Gasteiger partial charge in [0.05, 0.1) is 33.2 Å². The Morgan fingerprint density at radius 1 is 0.767 bits per heavy atom. The fraction of sp³-hybridized carbons (Fsp3) is 0.111. The minimum Gasteiger partial charge on any atom is -0.274 e. The van der Waals surface area contributed by atoms with Crippen molar-refractivity contribution in [2.75, 3.05) is 10.3 Å². The zero-order valence-corrected chi connectivity index (χ0v) is 23.7. The topological polar surface area (TPSA) is 74.7 Å². The number of nitrogens with zero attached hydrogens (tertiary/aromatic N) is 3. The second-order valence-corrected chi connectivity index (χ2v) is 12.4. The molecule has 6 nitrogen and oxygen atoms in total. The van der Waals surface area contributed by atoms with Crippen molar-refractivity contribution in [3.63, 3.8) is 0 Å². The first-order chi connectivity index (χ1) is 21.2. The maximum atomic E-state index is 14.8. The quantitative estimate of drug-likeness (QED) is 0.138. The smallest absolute Gasteiger partial charge is 0.239 e. The molecule has 0 spiro atoms. The van der Waals surface area contributed by atoms with Crippen LogP contribution >= 0.6 is 11.3 Å².